The summed E-state index contributed by atoms with van der Waals surface area (Å²) in [6.45, 7) is 0. The molecule has 1 aromatic carbocycles. The van der Waals surface area contributed by atoms with Crippen molar-refractivity contribution in [3.63, 3.8) is 0 Å². The molecule has 0 amide bonds. The number of aromatic nitrogens is 1. The van der Waals surface area contributed by atoms with Crippen molar-refractivity contribution in [2.24, 2.45) is 0 Å². The lowest BCUT2D eigenvalue weighted by Crippen LogP contribution is -2.08. The maximum Gasteiger partial charge on any atom is 0.357 e. The van der Waals surface area contributed by atoms with E-state index in [0.29, 0.717) is 10.6 Å². The van der Waals surface area contributed by atoms with Gasteiger partial charge in [0.25, 0.3) is 0 Å². The lowest BCUT2D eigenvalue weighted by atomic mass is 10.3. The van der Waals surface area contributed by atoms with Crippen molar-refractivity contribution in [3.05, 3.63) is 39.1 Å². The van der Waals surface area contributed by atoms with Crippen LogP contribution < -0.4 is 10.5 Å². The first-order chi connectivity index (χ1) is 7.66. The number of carbonyl (C=O) groups is 1. The molecule has 0 unspecified atom stereocenters. The normalized spacial score (nSPS) is 10.1. The highest BCUT2D eigenvalue weighted by Crippen LogP contribution is 2.20. The predicted octanol–water partition coefficient (Wildman–Crippen LogP) is 2.71. The third-order valence-electron chi connectivity index (χ3n) is 1.80. The number of anilines is 1. The molecule has 0 fully saturated rings. The van der Waals surface area contributed by atoms with Gasteiger partial charge in [-0.3, -0.25) is 0 Å². The molecule has 82 valence electrons. The molecule has 0 aliphatic heterocycles. The van der Waals surface area contributed by atoms with Crippen LogP contribution in [0.4, 0.5) is 5.82 Å². The van der Waals surface area contributed by atoms with Gasteiger partial charge in [-0.1, -0.05) is 15.9 Å². The second-order valence-corrected chi connectivity index (χ2v) is 4.68. The molecule has 1 aromatic heterocycles. The number of carbonyl (C=O) groups excluding carboxylic acids is 1. The maximum absolute atomic E-state index is 11.6. The van der Waals surface area contributed by atoms with Crippen molar-refractivity contribution in [1.29, 1.82) is 0 Å². The smallest absolute Gasteiger partial charge is 0.357 e. The van der Waals surface area contributed by atoms with E-state index in [-0.39, 0.29) is 5.82 Å². The summed E-state index contributed by atoms with van der Waals surface area (Å²) in [4.78, 5) is 15.7. The van der Waals surface area contributed by atoms with E-state index in [9.17, 15) is 4.79 Å². The summed E-state index contributed by atoms with van der Waals surface area (Å²) in [7, 11) is 0. The van der Waals surface area contributed by atoms with Gasteiger partial charge in [0, 0.05) is 4.47 Å². The molecule has 0 spiro atoms. The van der Waals surface area contributed by atoms with Crippen LogP contribution in [-0.2, 0) is 0 Å². The molecule has 16 heavy (non-hydrogen) atoms. The van der Waals surface area contributed by atoms with E-state index in [2.05, 4.69) is 20.9 Å². The van der Waals surface area contributed by atoms with E-state index in [0.717, 1.165) is 15.8 Å². The van der Waals surface area contributed by atoms with Crippen molar-refractivity contribution in [2.75, 3.05) is 5.73 Å². The Labute approximate surface area is 104 Å². The highest BCUT2D eigenvalue weighted by atomic mass is 79.9. The molecule has 0 aliphatic carbocycles. The summed E-state index contributed by atoms with van der Waals surface area (Å²) < 4.78 is 6.05. The molecule has 0 atom stereocenters. The molecule has 0 bridgehead atoms. The Balaban J connectivity index is 2.14. The minimum atomic E-state index is -0.484. The van der Waals surface area contributed by atoms with Crippen LogP contribution in [0.3, 0.4) is 0 Å². The van der Waals surface area contributed by atoms with Crippen LogP contribution in [0, 0.1) is 0 Å². The minimum Gasteiger partial charge on any atom is -0.422 e. The number of hydrogen-bond acceptors (Lipinski definition) is 5. The number of esters is 1. The van der Waals surface area contributed by atoms with Crippen molar-refractivity contribution < 1.29 is 9.53 Å². The van der Waals surface area contributed by atoms with Gasteiger partial charge in [-0.15, -0.1) is 11.3 Å². The van der Waals surface area contributed by atoms with Crippen molar-refractivity contribution in [1.82, 2.24) is 4.98 Å². The number of ether oxygens (including phenoxy) is 1. The molecule has 0 radical (unpaired) electrons. The molecule has 2 aromatic rings. The number of nitrogens with zero attached hydrogens (tertiary/aromatic N) is 1. The van der Waals surface area contributed by atoms with Gasteiger partial charge in [0.15, 0.2) is 4.88 Å². The third-order valence-corrected chi connectivity index (χ3v) is 3.16. The second kappa shape index (κ2) is 4.63. The summed E-state index contributed by atoms with van der Waals surface area (Å²) >= 11 is 4.45. The van der Waals surface area contributed by atoms with Crippen LogP contribution in [-0.4, -0.2) is 11.0 Å². The predicted molar refractivity (Wildman–Crippen MR) is 65.6 cm³/mol. The lowest BCUT2D eigenvalue weighted by Gasteiger charge is -2.02. The van der Waals surface area contributed by atoms with Crippen LogP contribution in [0.5, 0.6) is 5.75 Å². The average Bonchev–Trinajstić information content (AvgIpc) is 2.68. The Hall–Kier alpha value is -1.40. The zero-order valence-corrected chi connectivity index (χ0v) is 10.4. The quantitative estimate of drug-likeness (QED) is 0.684. The molecular weight excluding hydrogens is 292 g/mol. The number of benzene rings is 1. The van der Waals surface area contributed by atoms with Crippen molar-refractivity contribution in [3.8, 4) is 5.75 Å². The first-order valence-corrected chi connectivity index (χ1v) is 6.01. The molecule has 2 N–H and O–H groups in total. The first-order valence-electron chi connectivity index (χ1n) is 4.33. The standard InChI is InChI=1S/C10H7BrN2O2S/c11-6-1-3-7(4-2-6)15-10(14)8-9(12)13-5-16-8/h1-5H,12H2. The molecule has 0 saturated heterocycles. The van der Waals surface area contributed by atoms with Crippen LogP contribution in [0.2, 0.25) is 0 Å². The average molecular weight is 299 g/mol. The van der Waals surface area contributed by atoms with Crippen LogP contribution in [0.1, 0.15) is 9.67 Å². The number of nitrogens with two attached hydrogens (primary N) is 1. The molecule has 4 nitrogen and oxygen atoms in total. The van der Waals surface area contributed by atoms with Crippen LogP contribution >= 0.6 is 27.3 Å². The van der Waals surface area contributed by atoms with Gasteiger partial charge in [0.05, 0.1) is 5.51 Å². The van der Waals surface area contributed by atoms with E-state index in [4.69, 9.17) is 10.5 Å². The summed E-state index contributed by atoms with van der Waals surface area (Å²) in [6.07, 6.45) is 0. The highest BCUT2D eigenvalue weighted by Gasteiger charge is 2.14. The molecular formula is C10H7BrN2O2S. The van der Waals surface area contributed by atoms with Crippen LogP contribution in [0.15, 0.2) is 34.2 Å². The Morgan fingerprint density at radius 2 is 2.06 bits per heavy atom. The van der Waals surface area contributed by atoms with E-state index < -0.39 is 5.97 Å². The first kappa shape index (κ1) is 11.1. The van der Waals surface area contributed by atoms with Gasteiger partial charge in [-0.05, 0) is 24.3 Å². The van der Waals surface area contributed by atoms with Gasteiger partial charge >= 0.3 is 5.97 Å². The number of hydrogen-bond donors (Lipinski definition) is 1. The SMILES string of the molecule is Nc1ncsc1C(=O)Oc1ccc(Br)cc1. The fourth-order valence-electron chi connectivity index (χ4n) is 1.06. The van der Waals surface area contributed by atoms with E-state index in [1.807, 2.05) is 0 Å². The monoisotopic (exact) mass is 298 g/mol. The summed E-state index contributed by atoms with van der Waals surface area (Å²) in [5.41, 5.74) is 7.02. The topological polar surface area (TPSA) is 65.2 Å². The minimum absolute atomic E-state index is 0.201. The molecule has 1 heterocycles. The molecule has 0 aliphatic rings. The fraction of sp³-hybridized carbons (Fsp3) is 0. The largest absolute Gasteiger partial charge is 0.422 e. The zero-order chi connectivity index (χ0) is 11.5. The molecule has 2 rings (SSSR count). The Morgan fingerprint density at radius 1 is 1.38 bits per heavy atom. The molecule has 6 heteroatoms. The number of thiazole rings is 1. The van der Waals surface area contributed by atoms with Crippen LogP contribution in [0.25, 0.3) is 0 Å². The third kappa shape index (κ3) is 2.40. The Bertz CT molecular complexity index is 510. The van der Waals surface area contributed by atoms with Gasteiger partial charge in [-0.2, -0.15) is 0 Å². The van der Waals surface area contributed by atoms with Gasteiger partial charge < -0.3 is 10.5 Å². The maximum atomic E-state index is 11.6. The van der Waals surface area contributed by atoms with Crippen molar-refractivity contribution in [2.45, 2.75) is 0 Å². The van der Waals surface area contributed by atoms with Gasteiger partial charge in [0.2, 0.25) is 0 Å². The fourth-order valence-corrected chi connectivity index (χ4v) is 1.91. The summed E-state index contributed by atoms with van der Waals surface area (Å²) in [5, 5.41) is 0. The molecule has 0 saturated carbocycles. The lowest BCUT2D eigenvalue weighted by molar-refractivity contribution is 0.0740. The van der Waals surface area contributed by atoms with E-state index in [1.54, 1.807) is 24.3 Å². The van der Waals surface area contributed by atoms with Gasteiger partial charge in [-0.25, -0.2) is 9.78 Å². The summed E-state index contributed by atoms with van der Waals surface area (Å²) in [6, 6.07) is 6.97. The van der Waals surface area contributed by atoms with E-state index in [1.165, 1.54) is 5.51 Å². The second-order valence-electron chi connectivity index (χ2n) is 2.91. The number of rotatable bonds is 2. The highest BCUT2D eigenvalue weighted by molar-refractivity contribution is 9.10. The number of halogens is 1. The zero-order valence-electron chi connectivity index (χ0n) is 8.01. The Morgan fingerprint density at radius 3 is 2.62 bits per heavy atom. The van der Waals surface area contributed by atoms with E-state index >= 15 is 0 Å². The van der Waals surface area contributed by atoms with Crippen molar-refractivity contribution >= 4 is 39.1 Å². The summed E-state index contributed by atoms with van der Waals surface area (Å²) in [5.74, 6) is 0.190. The number of nitrogen functional groups attached to an aromatic ring is 1. The van der Waals surface area contributed by atoms with Gasteiger partial charge in [0.1, 0.15) is 11.6 Å². The Kier molecular flexibility index (Phi) is 3.21.